The van der Waals surface area contributed by atoms with Crippen LogP contribution in [0.15, 0.2) is 46.0 Å². The molecule has 0 unspecified atom stereocenters. The van der Waals surface area contributed by atoms with Crippen LogP contribution in [0.1, 0.15) is 12.5 Å². The average Bonchev–Trinajstić information content (AvgIpc) is 2.92. The van der Waals surface area contributed by atoms with E-state index >= 15 is 0 Å². The van der Waals surface area contributed by atoms with E-state index in [1.54, 1.807) is 24.6 Å². The normalized spacial score (nSPS) is 11.4. The van der Waals surface area contributed by atoms with Crippen LogP contribution in [0.25, 0.3) is 0 Å². The summed E-state index contributed by atoms with van der Waals surface area (Å²) in [6.45, 7) is 2.02. The van der Waals surface area contributed by atoms with Gasteiger partial charge in [0.1, 0.15) is 4.21 Å². The number of sulfonamides is 1. The minimum absolute atomic E-state index is 0.371. The summed E-state index contributed by atoms with van der Waals surface area (Å²) in [5, 5.41) is 1.77. The predicted molar refractivity (Wildman–Crippen MR) is 75.7 cm³/mol. The molecule has 2 rings (SSSR count). The van der Waals surface area contributed by atoms with E-state index in [0.29, 0.717) is 4.21 Å². The lowest BCUT2D eigenvalue weighted by Crippen LogP contribution is -2.26. The molecule has 0 spiro atoms. The number of nitrogens with zero attached hydrogens (tertiary/aromatic N) is 1. The molecule has 0 atom stereocenters. The summed E-state index contributed by atoms with van der Waals surface area (Å²) < 4.78 is 26.5. The van der Waals surface area contributed by atoms with Gasteiger partial charge >= 0.3 is 0 Å². The van der Waals surface area contributed by atoms with Crippen LogP contribution in [0, 0.1) is 0 Å². The second-order valence-electron chi connectivity index (χ2n) is 3.89. The Bertz CT molecular complexity index is 618. The maximum atomic E-state index is 12.4. The van der Waals surface area contributed by atoms with E-state index in [0.717, 1.165) is 17.7 Å². The highest BCUT2D eigenvalue weighted by atomic mass is 32.2. The Balaban J connectivity index is 2.46. The van der Waals surface area contributed by atoms with Crippen LogP contribution in [0.4, 0.5) is 5.69 Å². The topological polar surface area (TPSA) is 37.4 Å². The van der Waals surface area contributed by atoms with Gasteiger partial charge in [-0.25, -0.2) is 8.42 Å². The minimum Gasteiger partial charge on any atom is -0.268 e. The molecule has 0 saturated carbocycles. The molecule has 96 valence electrons. The number of anilines is 1. The van der Waals surface area contributed by atoms with Gasteiger partial charge in [0.25, 0.3) is 10.0 Å². The third kappa shape index (κ3) is 2.28. The molecule has 3 nitrogen and oxygen atoms in total. The summed E-state index contributed by atoms with van der Waals surface area (Å²) in [5.74, 6) is 0. The Kier molecular flexibility index (Phi) is 3.73. The van der Waals surface area contributed by atoms with Gasteiger partial charge in [-0.3, -0.25) is 4.31 Å². The van der Waals surface area contributed by atoms with Gasteiger partial charge in [0.15, 0.2) is 0 Å². The van der Waals surface area contributed by atoms with Crippen LogP contribution in [-0.2, 0) is 16.4 Å². The van der Waals surface area contributed by atoms with Crippen molar-refractivity contribution in [3.8, 4) is 0 Å². The summed E-state index contributed by atoms with van der Waals surface area (Å²) in [4.78, 5) is 0. The van der Waals surface area contributed by atoms with E-state index in [4.69, 9.17) is 0 Å². The van der Waals surface area contributed by atoms with Crippen molar-refractivity contribution in [2.24, 2.45) is 0 Å². The summed E-state index contributed by atoms with van der Waals surface area (Å²) in [7, 11) is -1.83. The van der Waals surface area contributed by atoms with E-state index in [-0.39, 0.29) is 0 Å². The Labute approximate surface area is 112 Å². The first-order valence-electron chi connectivity index (χ1n) is 5.67. The van der Waals surface area contributed by atoms with Crippen molar-refractivity contribution in [1.29, 1.82) is 0 Å². The quantitative estimate of drug-likeness (QED) is 0.863. The van der Waals surface area contributed by atoms with Crippen LogP contribution >= 0.6 is 11.3 Å². The minimum atomic E-state index is -3.43. The molecule has 0 aliphatic carbocycles. The molecule has 0 bridgehead atoms. The van der Waals surface area contributed by atoms with Crippen molar-refractivity contribution in [3.63, 3.8) is 0 Å². The Hall–Kier alpha value is -1.33. The molecular formula is C13H15NO2S2. The molecule has 1 aromatic carbocycles. The highest BCUT2D eigenvalue weighted by Crippen LogP contribution is 2.27. The number of para-hydroxylation sites is 1. The van der Waals surface area contributed by atoms with Crippen molar-refractivity contribution in [1.82, 2.24) is 0 Å². The Morgan fingerprint density at radius 3 is 2.50 bits per heavy atom. The Morgan fingerprint density at radius 1 is 1.17 bits per heavy atom. The summed E-state index contributed by atoms with van der Waals surface area (Å²) in [6, 6.07) is 10.9. The maximum absolute atomic E-state index is 12.4. The van der Waals surface area contributed by atoms with E-state index in [2.05, 4.69) is 0 Å². The molecule has 0 aliphatic rings. The first kappa shape index (κ1) is 13.1. The third-order valence-corrected chi connectivity index (χ3v) is 5.97. The van der Waals surface area contributed by atoms with Gasteiger partial charge in [0, 0.05) is 7.05 Å². The zero-order chi connectivity index (χ0) is 13.2. The van der Waals surface area contributed by atoms with Crippen LogP contribution in [0.5, 0.6) is 0 Å². The van der Waals surface area contributed by atoms with Crippen LogP contribution < -0.4 is 4.31 Å². The van der Waals surface area contributed by atoms with Gasteiger partial charge in [-0.15, -0.1) is 11.3 Å². The number of hydrogen-bond acceptors (Lipinski definition) is 3. The van der Waals surface area contributed by atoms with Gasteiger partial charge in [0.05, 0.1) is 5.69 Å². The lowest BCUT2D eigenvalue weighted by atomic mass is 10.1. The number of rotatable bonds is 4. The smallest absolute Gasteiger partial charge is 0.268 e. The van der Waals surface area contributed by atoms with Crippen LogP contribution in [0.3, 0.4) is 0 Å². The van der Waals surface area contributed by atoms with Crippen LogP contribution in [0.2, 0.25) is 0 Å². The number of thiophene rings is 1. The molecule has 5 heteroatoms. The molecular weight excluding hydrogens is 266 g/mol. The van der Waals surface area contributed by atoms with E-state index in [1.165, 1.54) is 15.6 Å². The van der Waals surface area contributed by atoms with E-state index < -0.39 is 10.0 Å². The zero-order valence-electron chi connectivity index (χ0n) is 10.3. The van der Waals surface area contributed by atoms with Gasteiger partial charge < -0.3 is 0 Å². The third-order valence-electron chi connectivity index (χ3n) is 2.82. The fourth-order valence-corrected chi connectivity index (χ4v) is 4.19. The maximum Gasteiger partial charge on any atom is 0.273 e. The summed E-state index contributed by atoms with van der Waals surface area (Å²) >= 11 is 1.24. The van der Waals surface area contributed by atoms with Gasteiger partial charge in [-0.2, -0.15) is 0 Å². The first-order valence-corrected chi connectivity index (χ1v) is 7.99. The van der Waals surface area contributed by atoms with Crippen molar-refractivity contribution >= 4 is 27.0 Å². The lowest BCUT2D eigenvalue weighted by molar-refractivity contribution is 0.596. The van der Waals surface area contributed by atoms with Crippen molar-refractivity contribution in [3.05, 3.63) is 47.3 Å². The van der Waals surface area contributed by atoms with Crippen molar-refractivity contribution < 1.29 is 8.42 Å². The van der Waals surface area contributed by atoms with Gasteiger partial charge in [-0.05, 0) is 29.5 Å². The number of aryl methyl sites for hydroxylation is 1. The van der Waals surface area contributed by atoms with Gasteiger partial charge in [0.2, 0.25) is 0 Å². The summed E-state index contributed by atoms with van der Waals surface area (Å²) in [5.41, 5.74) is 1.77. The first-order chi connectivity index (χ1) is 8.57. The Morgan fingerprint density at radius 2 is 1.89 bits per heavy atom. The molecule has 0 saturated heterocycles. The molecule has 18 heavy (non-hydrogen) atoms. The standard InChI is InChI=1S/C13H15NO2S2/c1-3-11-7-4-5-8-12(11)14(2)18(15,16)13-9-6-10-17-13/h4-10H,3H2,1-2H3. The monoisotopic (exact) mass is 281 g/mol. The second-order valence-corrected chi connectivity index (χ2v) is 7.03. The average molecular weight is 281 g/mol. The second kappa shape index (κ2) is 5.12. The van der Waals surface area contributed by atoms with Gasteiger partial charge in [-0.1, -0.05) is 31.2 Å². The summed E-state index contributed by atoms with van der Waals surface area (Å²) in [6.07, 6.45) is 0.806. The largest absolute Gasteiger partial charge is 0.273 e. The molecule has 0 radical (unpaired) electrons. The molecule has 0 fully saturated rings. The van der Waals surface area contributed by atoms with E-state index in [1.807, 2.05) is 31.2 Å². The van der Waals surface area contributed by atoms with Crippen molar-refractivity contribution in [2.45, 2.75) is 17.6 Å². The zero-order valence-corrected chi connectivity index (χ0v) is 12.0. The van der Waals surface area contributed by atoms with Crippen LogP contribution in [-0.4, -0.2) is 15.5 Å². The molecule has 2 aromatic rings. The number of hydrogen-bond donors (Lipinski definition) is 0. The fourth-order valence-electron chi connectivity index (χ4n) is 1.79. The SMILES string of the molecule is CCc1ccccc1N(C)S(=O)(=O)c1cccs1. The van der Waals surface area contributed by atoms with E-state index in [9.17, 15) is 8.42 Å². The molecule has 1 heterocycles. The molecule has 0 amide bonds. The molecule has 0 N–H and O–H groups in total. The highest BCUT2D eigenvalue weighted by molar-refractivity contribution is 7.94. The molecule has 1 aromatic heterocycles. The lowest BCUT2D eigenvalue weighted by Gasteiger charge is -2.21. The molecule has 0 aliphatic heterocycles. The van der Waals surface area contributed by atoms with Crippen molar-refractivity contribution in [2.75, 3.05) is 11.4 Å². The fraction of sp³-hybridized carbons (Fsp3) is 0.231. The predicted octanol–water partition coefficient (Wildman–Crippen LogP) is 3.14. The highest BCUT2D eigenvalue weighted by Gasteiger charge is 2.23. The number of benzene rings is 1.